The van der Waals surface area contributed by atoms with E-state index in [1.807, 2.05) is 0 Å². The molecule has 3 N–H and O–H groups in total. The highest BCUT2D eigenvalue weighted by atomic mass is 16.6. The summed E-state index contributed by atoms with van der Waals surface area (Å²) in [6, 6.07) is 9.68. The molecule has 0 spiro atoms. The number of phenols is 1. The minimum atomic E-state index is -0.462. The number of ether oxygens (including phenoxy) is 3. The van der Waals surface area contributed by atoms with Crippen LogP contribution in [0, 0.1) is 0 Å². The third-order valence-electron chi connectivity index (χ3n) is 5.66. The van der Waals surface area contributed by atoms with Gasteiger partial charge in [-0.05, 0) is 60.4 Å². The van der Waals surface area contributed by atoms with Crippen LogP contribution in [0.2, 0.25) is 0 Å². The van der Waals surface area contributed by atoms with Gasteiger partial charge in [0, 0.05) is 19.1 Å². The van der Waals surface area contributed by atoms with Crippen molar-refractivity contribution in [2.24, 2.45) is 5.73 Å². The van der Waals surface area contributed by atoms with E-state index < -0.39 is 6.09 Å². The first kappa shape index (κ1) is 26.5. The average Bonchev–Trinajstić information content (AvgIpc) is 2.87. The number of piperidine rings is 1. The number of hydrogen-bond donors (Lipinski definition) is 2. The molecule has 9 nitrogen and oxygen atoms in total. The molecule has 0 aromatic heterocycles. The van der Waals surface area contributed by atoms with Crippen LogP contribution in [-0.2, 0) is 9.59 Å². The zero-order chi connectivity index (χ0) is 26.1. The molecule has 36 heavy (non-hydrogen) atoms. The number of allylic oxidation sites excluding steroid dienone is 2. The number of rotatable bonds is 9. The number of carbonyl (C=O) groups excluding carboxylic acids is 3. The molecule has 9 heteroatoms. The number of amides is 1. The average molecular weight is 495 g/mol. The van der Waals surface area contributed by atoms with Crippen LogP contribution in [0.25, 0.3) is 12.2 Å². The van der Waals surface area contributed by atoms with Crippen LogP contribution in [0.4, 0.5) is 4.79 Å². The molecule has 0 atom stereocenters. The van der Waals surface area contributed by atoms with Crippen LogP contribution in [-0.4, -0.2) is 61.0 Å². The molecule has 0 radical (unpaired) electrons. The zero-order valence-electron chi connectivity index (χ0n) is 20.3. The number of phenolic OH excluding ortho intramolecular Hbond substituents is 1. The molecule has 1 amide bonds. The highest BCUT2D eigenvalue weighted by molar-refractivity contribution is 6.10. The maximum Gasteiger partial charge on any atom is 0.415 e. The normalized spacial score (nSPS) is 14.2. The van der Waals surface area contributed by atoms with Crippen LogP contribution in [0.5, 0.6) is 23.0 Å². The van der Waals surface area contributed by atoms with Crippen LogP contribution in [0.3, 0.4) is 0 Å². The van der Waals surface area contributed by atoms with E-state index in [4.69, 9.17) is 19.9 Å². The number of nitrogens with zero attached hydrogens (tertiary/aromatic N) is 1. The topological polar surface area (TPSA) is 128 Å². The van der Waals surface area contributed by atoms with Crippen molar-refractivity contribution in [3.05, 3.63) is 59.7 Å². The van der Waals surface area contributed by atoms with Crippen molar-refractivity contribution in [2.45, 2.75) is 25.3 Å². The first-order valence-electron chi connectivity index (χ1n) is 11.5. The van der Waals surface area contributed by atoms with Gasteiger partial charge >= 0.3 is 6.09 Å². The molecule has 1 aliphatic rings. The number of nitrogens with two attached hydrogens (primary N) is 1. The largest absolute Gasteiger partial charge is 0.504 e. The van der Waals surface area contributed by atoms with E-state index in [-0.39, 0.29) is 41.3 Å². The highest BCUT2D eigenvalue weighted by Crippen LogP contribution is 2.30. The third kappa shape index (κ3) is 7.44. The fourth-order valence-electron chi connectivity index (χ4n) is 3.58. The number of benzene rings is 2. The second-order valence-electron chi connectivity index (χ2n) is 8.31. The first-order chi connectivity index (χ1) is 17.3. The van der Waals surface area contributed by atoms with E-state index in [9.17, 15) is 19.5 Å². The lowest BCUT2D eigenvalue weighted by Crippen LogP contribution is -2.44. The van der Waals surface area contributed by atoms with Gasteiger partial charge in [0.05, 0.1) is 20.6 Å². The quantitative estimate of drug-likeness (QED) is 0.400. The molecule has 3 rings (SSSR count). The molecule has 2 aromatic rings. The predicted molar refractivity (Wildman–Crippen MR) is 135 cm³/mol. The number of hydrogen-bond acceptors (Lipinski definition) is 8. The van der Waals surface area contributed by atoms with Gasteiger partial charge in [-0.2, -0.15) is 0 Å². The van der Waals surface area contributed by atoms with Gasteiger partial charge in [0.15, 0.2) is 34.6 Å². The lowest BCUT2D eigenvalue weighted by molar-refractivity contribution is -0.121. The molecule has 1 heterocycles. The number of methoxy groups -OCH3 is 2. The van der Waals surface area contributed by atoms with Gasteiger partial charge in [-0.15, -0.1) is 0 Å². The Morgan fingerprint density at radius 2 is 1.47 bits per heavy atom. The van der Waals surface area contributed by atoms with Crippen molar-refractivity contribution in [3.8, 4) is 23.0 Å². The van der Waals surface area contributed by atoms with Gasteiger partial charge in [-0.1, -0.05) is 24.3 Å². The summed E-state index contributed by atoms with van der Waals surface area (Å²) in [5.41, 5.74) is 7.17. The molecular weight excluding hydrogens is 464 g/mol. The predicted octanol–water partition coefficient (Wildman–Crippen LogP) is 3.59. The molecule has 0 unspecified atom stereocenters. The smallest absolute Gasteiger partial charge is 0.415 e. The van der Waals surface area contributed by atoms with Gasteiger partial charge in [0.25, 0.3) is 0 Å². The number of carbonyl (C=O) groups is 3. The summed E-state index contributed by atoms with van der Waals surface area (Å²) in [5, 5.41) is 9.63. The van der Waals surface area contributed by atoms with Gasteiger partial charge in [0.1, 0.15) is 0 Å². The first-order valence-corrected chi connectivity index (χ1v) is 11.5. The van der Waals surface area contributed by atoms with Gasteiger partial charge < -0.3 is 30.0 Å². The number of ketones is 2. The Hall–Kier alpha value is -4.11. The minimum absolute atomic E-state index is 0.00341. The maximum atomic E-state index is 12.4. The lowest BCUT2D eigenvalue weighted by atomic mass is 10.1. The number of likely N-dealkylation sites (tertiary alicyclic amines) is 1. The standard InChI is InChI=1S/C27H30N2O7/c1-34-25-15-18(5-9-23(25)32)3-7-21(30)17-22(31)8-4-19-6-10-24(26(16-19)35-2)36-27(33)29-13-11-20(28)12-14-29/h3-10,15-16,20,32H,11-14,17,28H2,1-2H3. The van der Waals surface area contributed by atoms with E-state index in [0.717, 1.165) is 12.8 Å². The van der Waals surface area contributed by atoms with Crippen molar-refractivity contribution >= 4 is 29.8 Å². The summed E-state index contributed by atoms with van der Waals surface area (Å²) in [4.78, 5) is 38.4. The summed E-state index contributed by atoms with van der Waals surface area (Å²) in [6.45, 7) is 1.09. The fraction of sp³-hybridized carbons (Fsp3) is 0.296. The van der Waals surface area contributed by atoms with Crippen molar-refractivity contribution in [1.82, 2.24) is 4.90 Å². The highest BCUT2D eigenvalue weighted by Gasteiger charge is 2.23. The Bertz CT molecular complexity index is 1160. The Labute approximate surface area is 209 Å². The fourth-order valence-corrected chi connectivity index (χ4v) is 3.58. The monoisotopic (exact) mass is 494 g/mol. The van der Waals surface area contributed by atoms with E-state index in [1.54, 1.807) is 47.4 Å². The molecule has 1 saturated heterocycles. The Kier molecular flexibility index (Phi) is 9.24. The second-order valence-corrected chi connectivity index (χ2v) is 8.31. The van der Waals surface area contributed by atoms with Crippen molar-refractivity contribution in [2.75, 3.05) is 27.3 Å². The summed E-state index contributed by atoms with van der Waals surface area (Å²) < 4.78 is 15.9. The van der Waals surface area contributed by atoms with E-state index >= 15 is 0 Å². The van der Waals surface area contributed by atoms with Gasteiger partial charge in [0.2, 0.25) is 0 Å². The summed E-state index contributed by atoms with van der Waals surface area (Å²) in [7, 11) is 2.89. The van der Waals surface area contributed by atoms with Crippen molar-refractivity contribution < 1.29 is 33.7 Å². The van der Waals surface area contributed by atoms with Gasteiger partial charge in [-0.3, -0.25) is 9.59 Å². The van der Waals surface area contributed by atoms with E-state index in [1.165, 1.54) is 32.4 Å². The lowest BCUT2D eigenvalue weighted by Gasteiger charge is -2.29. The van der Waals surface area contributed by atoms with E-state index in [0.29, 0.717) is 30.0 Å². The third-order valence-corrected chi connectivity index (χ3v) is 5.66. The Morgan fingerprint density at radius 3 is 2.06 bits per heavy atom. The summed E-state index contributed by atoms with van der Waals surface area (Å²) in [5.74, 6) is 0.162. The van der Waals surface area contributed by atoms with Crippen molar-refractivity contribution in [1.29, 1.82) is 0 Å². The van der Waals surface area contributed by atoms with Gasteiger partial charge in [-0.25, -0.2) is 4.79 Å². The van der Waals surface area contributed by atoms with Crippen LogP contribution < -0.4 is 19.9 Å². The number of aromatic hydroxyl groups is 1. The van der Waals surface area contributed by atoms with Crippen LogP contribution >= 0.6 is 0 Å². The van der Waals surface area contributed by atoms with Crippen LogP contribution in [0.1, 0.15) is 30.4 Å². The molecule has 0 saturated carbocycles. The Balaban J connectivity index is 1.56. The Morgan fingerprint density at radius 1 is 0.917 bits per heavy atom. The molecular formula is C27H30N2O7. The summed E-state index contributed by atoms with van der Waals surface area (Å²) >= 11 is 0. The summed E-state index contributed by atoms with van der Waals surface area (Å²) in [6.07, 6.45) is 6.42. The molecule has 0 bridgehead atoms. The molecule has 2 aromatic carbocycles. The van der Waals surface area contributed by atoms with E-state index in [2.05, 4.69) is 0 Å². The molecule has 1 aliphatic heterocycles. The zero-order valence-corrected chi connectivity index (χ0v) is 20.3. The maximum absolute atomic E-state index is 12.4. The van der Waals surface area contributed by atoms with Crippen LogP contribution in [0.15, 0.2) is 48.6 Å². The SMILES string of the molecule is COc1cc(C=CC(=O)CC(=O)C=Cc2ccc(OC(=O)N3CCC(N)CC3)c(OC)c2)ccc1O. The molecule has 190 valence electrons. The molecule has 0 aliphatic carbocycles. The minimum Gasteiger partial charge on any atom is -0.504 e. The second kappa shape index (κ2) is 12.6. The van der Waals surface area contributed by atoms with Crippen molar-refractivity contribution in [3.63, 3.8) is 0 Å². The molecule has 1 fully saturated rings.